The van der Waals surface area contributed by atoms with Crippen LogP contribution in [-0.2, 0) is 20.4 Å². The van der Waals surface area contributed by atoms with Crippen LogP contribution in [0.25, 0.3) is 11.4 Å². The van der Waals surface area contributed by atoms with E-state index in [1.165, 1.54) is 30.9 Å². The van der Waals surface area contributed by atoms with Gasteiger partial charge in [0.1, 0.15) is 6.33 Å². The summed E-state index contributed by atoms with van der Waals surface area (Å²) in [4.78, 5) is 27.0. The van der Waals surface area contributed by atoms with Crippen LogP contribution < -0.4 is 10.2 Å². The van der Waals surface area contributed by atoms with Crippen molar-refractivity contribution in [2.75, 3.05) is 31.1 Å². The molecule has 35 heavy (non-hydrogen) atoms. The number of anilines is 1. The molecule has 1 fully saturated rings. The lowest BCUT2D eigenvalue weighted by molar-refractivity contribution is -0.141. The maximum Gasteiger partial charge on any atom is 0.302 e. The molecule has 2 aromatic rings. The van der Waals surface area contributed by atoms with E-state index in [1.54, 1.807) is 6.33 Å². The minimum Gasteiger partial charge on any atom is -0.466 e. The van der Waals surface area contributed by atoms with Gasteiger partial charge in [0.2, 0.25) is 5.95 Å². The molecular formula is C28H41N5O2. The summed E-state index contributed by atoms with van der Waals surface area (Å²) in [7, 11) is 0. The van der Waals surface area contributed by atoms with Gasteiger partial charge in [0.15, 0.2) is 5.82 Å². The first kappa shape index (κ1) is 25.5. The Balaban J connectivity index is 1.36. The van der Waals surface area contributed by atoms with E-state index in [0.717, 1.165) is 62.7 Å². The van der Waals surface area contributed by atoms with Gasteiger partial charge in [0, 0.05) is 31.6 Å². The van der Waals surface area contributed by atoms with Crippen LogP contribution in [0, 0.1) is 0 Å². The van der Waals surface area contributed by atoms with Crippen LogP contribution in [0.3, 0.4) is 0 Å². The molecule has 1 aromatic heterocycles. The van der Waals surface area contributed by atoms with Gasteiger partial charge in [0.25, 0.3) is 0 Å². The van der Waals surface area contributed by atoms with E-state index >= 15 is 0 Å². The zero-order chi connectivity index (χ0) is 25.1. The molecule has 0 atom stereocenters. The van der Waals surface area contributed by atoms with Crippen molar-refractivity contribution in [2.24, 2.45) is 0 Å². The van der Waals surface area contributed by atoms with Gasteiger partial charge in [0.05, 0.1) is 6.61 Å². The van der Waals surface area contributed by atoms with Crippen molar-refractivity contribution in [1.82, 2.24) is 20.3 Å². The lowest BCUT2D eigenvalue weighted by atomic mass is 9.63. The number of hydrogen-bond acceptors (Lipinski definition) is 7. The second-order valence-electron chi connectivity index (χ2n) is 11.4. The highest BCUT2D eigenvalue weighted by atomic mass is 16.5. The standard InChI is InChI=1S/C28H41N5O2/c1-20(34)35-17-7-6-14-29-22-10-15-33(16-11-22)26-31-19-30-25(32-26)21-8-9-23-24(18-21)28(4,5)13-12-27(23,2)3/h8-9,18-19,22,29H,6-7,10-17H2,1-5H3. The van der Waals surface area contributed by atoms with Gasteiger partial charge in [-0.3, -0.25) is 4.79 Å². The highest BCUT2D eigenvalue weighted by molar-refractivity contribution is 5.65. The summed E-state index contributed by atoms with van der Waals surface area (Å²) in [5.41, 5.74) is 4.31. The lowest BCUT2D eigenvalue weighted by Crippen LogP contribution is -2.43. The number of rotatable bonds is 8. The van der Waals surface area contributed by atoms with E-state index in [1.807, 2.05) is 0 Å². The molecule has 1 aliphatic heterocycles. The molecule has 4 rings (SSSR count). The number of fused-ring (bicyclic) bond motifs is 1. The van der Waals surface area contributed by atoms with E-state index in [4.69, 9.17) is 9.72 Å². The summed E-state index contributed by atoms with van der Waals surface area (Å²) in [6.07, 6.45) is 8.09. The molecule has 0 radical (unpaired) electrons. The number of piperidine rings is 1. The molecule has 1 aromatic carbocycles. The number of carbonyl (C=O) groups is 1. The fraction of sp³-hybridized carbons (Fsp3) is 0.643. The molecule has 0 amide bonds. The average Bonchev–Trinajstić information content (AvgIpc) is 2.84. The van der Waals surface area contributed by atoms with Crippen LogP contribution in [0.2, 0.25) is 0 Å². The van der Waals surface area contributed by atoms with E-state index in [-0.39, 0.29) is 16.8 Å². The third-order valence-corrected chi connectivity index (χ3v) is 7.76. The normalized spacial score (nSPS) is 19.3. The maximum atomic E-state index is 10.8. The zero-order valence-corrected chi connectivity index (χ0v) is 22.1. The highest BCUT2D eigenvalue weighted by Crippen LogP contribution is 2.46. The van der Waals surface area contributed by atoms with Gasteiger partial charge in [-0.25, -0.2) is 9.97 Å². The van der Waals surface area contributed by atoms with Crippen LogP contribution in [0.1, 0.15) is 84.3 Å². The quantitative estimate of drug-likeness (QED) is 0.431. The third-order valence-electron chi connectivity index (χ3n) is 7.76. The Morgan fingerprint density at radius 1 is 1.06 bits per heavy atom. The van der Waals surface area contributed by atoms with Gasteiger partial charge in [-0.05, 0) is 73.1 Å². The molecule has 1 saturated heterocycles. The molecule has 2 heterocycles. The fourth-order valence-electron chi connectivity index (χ4n) is 5.34. The summed E-state index contributed by atoms with van der Waals surface area (Å²) >= 11 is 0. The Hall–Kier alpha value is -2.54. The predicted octanol–water partition coefficient (Wildman–Crippen LogP) is 4.79. The third kappa shape index (κ3) is 6.18. The minimum atomic E-state index is -0.203. The largest absolute Gasteiger partial charge is 0.466 e. The van der Waals surface area contributed by atoms with Gasteiger partial charge >= 0.3 is 5.97 Å². The SMILES string of the molecule is CC(=O)OCCCCNC1CCN(c2ncnc(-c3ccc4c(c3)C(C)(C)CCC4(C)C)n2)CC1. The molecule has 0 spiro atoms. The first-order chi connectivity index (χ1) is 16.7. The molecule has 0 bridgehead atoms. The number of aromatic nitrogens is 3. The van der Waals surface area contributed by atoms with E-state index in [0.29, 0.717) is 12.6 Å². The number of ether oxygens (including phenoxy) is 1. The molecule has 0 unspecified atom stereocenters. The summed E-state index contributed by atoms with van der Waals surface area (Å²) < 4.78 is 4.99. The molecule has 7 heteroatoms. The highest BCUT2D eigenvalue weighted by Gasteiger charge is 2.37. The van der Waals surface area contributed by atoms with Gasteiger partial charge < -0.3 is 15.0 Å². The Bertz CT molecular complexity index is 1030. The van der Waals surface area contributed by atoms with Gasteiger partial charge in [-0.2, -0.15) is 4.98 Å². The zero-order valence-electron chi connectivity index (χ0n) is 22.1. The predicted molar refractivity (Wildman–Crippen MR) is 140 cm³/mol. The fourth-order valence-corrected chi connectivity index (χ4v) is 5.34. The number of carbonyl (C=O) groups excluding carboxylic acids is 1. The molecule has 190 valence electrons. The van der Waals surface area contributed by atoms with Crippen molar-refractivity contribution in [3.05, 3.63) is 35.7 Å². The average molecular weight is 480 g/mol. The number of nitrogens with one attached hydrogen (secondary N) is 1. The maximum absolute atomic E-state index is 10.8. The Morgan fingerprint density at radius 2 is 1.77 bits per heavy atom. The van der Waals surface area contributed by atoms with E-state index < -0.39 is 0 Å². The first-order valence-corrected chi connectivity index (χ1v) is 13.1. The Morgan fingerprint density at radius 3 is 2.49 bits per heavy atom. The second kappa shape index (κ2) is 10.6. The first-order valence-electron chi connectivity index (χ1n) is 13.1. The molecule has 1 aliphatic carbocycles. The van der Waals surface area contributed by atoms with Crippen molar-refractivity contribution in [3.8, 4) is 11.4 Å². The Kier molecular flexibility index (Phi) is 7.74. The molecular weight excluding hydrogens is 438 g/mol. The monoisotopic (exact) mass is 479 g/mol. The minimum absolute atomic E-state index is 0.159. The topological polar surface area (TPSA) is 80.2 Å². The van der Waals surface area contributed by atoms with Crippen molar-refractivity contribution >= 4 is 11.9 Å². The number of nitrogens with zero attached hydrogens (tertiary/aromatic N) is 4. The molecule has 0 saturated carbocycles. The van der Waals surface area contributed by atoms with Crippen LogP contribution in [-0.4, -0.2) is 53.2 Å². The Labute approximate surface area is 210 Å². The van der Waals surface area contributed by atoms with Gasteiger partial charge in [-0.15, -0.1) is 0 Å². The van der Waals surface area contributed by atoms with Crippen LogP contribution in [0.4, 0.5) is 5.95 Å². The van der Waals surface area contributed by atoms with Crippen LogP contribution >= 0.6 is 0 Å². The van der Waals surface area contributed by atoms with Crippen LogP contribution in [0.15, 0.2) is 24.5 Å². The van der Waals surface area contributed by atoms with Crippen molar-refractivity contribution in [3.63, 3.8) is 0 Å². The van der Waals surface area contributed by atoms with Crippen molar-refractivity contribution in [1.29, 1.82) is 0 Å². The number of benzene rings is 1. The number of hydrogen-bond donors (Lipinski definition) is 1. The van der Waals surface area contributed by atoms with Crippen molar-refractivity contribution in [2.45, 2.75) is 90.0 Å². The smallest absolute Gasteiger partial charge is 0.302 e. The lowest BCUT2D eigenvalue weighted by Gasteiger charge is -2.42. The van der Waals surface area contributed by atoms with E-state index in [9.17, 15) is 4.79 Å². The summed E-state index contributed by atoms with van der Waals surface area (Å²) in [5.74, 6) is 1.32. The molecule has 2 aliphatic rings. The second-order valence-corrected chi connectivity index (χ2v) is 11.4. The molecule has 1 N–H and O–H groups in total. The molecule has 7 nitrogen and oxygen atoms in total. The van der Waals surface area contributed by atoms with Gasteiger partial charge in [-0.1, -0.05) is 39.8 Å². The number of unbranched alkanes of at least 4 members (excludes halogenated alkanes) is 1. The summed E-state index contributed by atoms with van der Waals surface area (Å²) in [6, 6.07) is 7.29. The van der Waals surface area contributed by atoms with Crippen molar-refractivity contribution < 1.29 is 9.53 Å². The number of esters is 1. The van der Waals surface area contributed by atoms with Crippen LogP contribution in [0.5, 0.6) is 0 Å². The summed E-state index contributed by atoms with van der Waals surface area (Å²) in [6.45, 7) is 14.2. The van der Waals surface area contributed by atoms with E-state index in [2.05, 4.69) is 66.1 Å². The summed E-state index contributed by atoms with van der Waals surface area (Å²) in [5, 5.41) is 3.64.